The van der Waals surface area contributed by atoms with Gasteiger partial charge in [-0.05, 0) is 30.4 Å². The number of hydrogen-bond acceptors (Lipinski definition) is 5. The number of rotatable bonds is 3. The lowest BCUT2D eigenvalue weighted by Gasteiger charge is -2.07. The van der Waals surface area contributed by atoms with Gasteiger partial charge in [0.1, 0.15) is 6.10 Å². The molecule has 0 radical (unpaired) electrons. The Morgan fingerprint density at radius 2 is 2.14 bits per heavy atom. The van der Waals surface area contributed by atoms with E-state index in [1.165, 1.54) is 0 Å². The number of para-hydroxylation sites is 1. The Balaban J connectivity index is 1.69. The fourth-order valence-electron chi connectivity index (χ4n) is 2.78. The lowest BCUT2D eigenvalue weighted by Crippen LogP contribution is -2.20. The van der Waals surface area contributed by atoms with E-state index in [1.807, 2.05) is 30.3 Å². The molecule has 0 unspecified atom stereocenters. The van der Waals surface area contributed by atoms with Gasteiger partial charge in [0.2, 0.25) is 0 Å². The number of aromatic nitrogens is 3. The smallest absolute Gasteiger partial charge is 0.255 e. The van der Waals surface area contributed by atoms with Crippen molar-refractivity contribution >= 4 is 10.9 Å². The maximum Gasteiger partial charge on any atom is 0.255 e. The van der Waals surface area contributed by atoms with Gasteiger partial charge in [0.25, 0.3) is 11.4 Å². The highest BCUT2D eigenvalue weighted by Gasteiger charge is 2.24. The van der Waals surface area contributed by atoms with Gasteiger partial charge < -0.3 is 13.8 Å². The molecule has 0 amide bonds. The summed E-state index contributed by atoms with van der Waals surface area (Å²) in [7, 11) is 0. The zero-order valence-corrected chi connectivity index (χ0v) is 11.9. The van der Waals surface area contributed by atoms with Gasteiger partial charge in [-0.15, -0.1) is 0 Å². The standard InChI is InChI=1S/C16H15N3O3/c20-15-8-7-11-4-1-2-5-12(11)19(15)10-14-17-16(22-18-14)13-6-3-9-21-13/h1-2,4-5,7-8,13H,3,6,9-10H2/t13-/m1/s1. The molecular weight excluding hydrogens is 282 g/mol. The zero-order chi connectivity index (χ0) is 14.9. The summed E-state index contributed by atoms with van der Waals surface area (Å²) in [5.74, 6) is 0.990. The predicted molar refractivity (Wildman–Crippen MR) is 79.5 cm³/mol. The number of pyridine rings is 1. The minimum atomic E-state index is -0.106. The molecule has 0 N–H and O–H groups in total. The van der Waals surface area contributed by atoms with Gasteiger partial charge in [-0.1, -0.05) is 23.4 Å². The normalized spacial score (nSPS) is 18.1. The van der Waals surface area contributed by atoms with Crippen LogP contribution in [0.2, 0.25) is 0 Å². The molecule has 4 rings (SSSR count). The molecule has 0 saturated carbocycles. The number of nitrogens with zero attached hydrogens (tertiary/aromatic N) is 3. The molecule has 0 bridgehead atoms. The average Bonchev–Trinajstić information content (AvgIpc) is 3.21. The van der Waals surface area contributed by atoms with Crippen LogP contribution in [0.4, 0.5) is 0 Å². The lowest BCUT2D eigenvalue weighted by atomic mass is 10.2. The Labute approximate surface area is 126 Å². The van der Waals surface area contributed by atoms with Gasteiger partial charge in [-0.3, -0.25) is 4.79 Å². The fourth-order valence-corrected chi connectivity index (χ4v) is 2.78. The number of fused-ring (bicyclic) bond motifs is 1. The first-order valence-corrected chi connectivity index (χ1v) is 7.34. The molecule has 3 heterocycles. The highest BCUT2D eigenvalue weighted by atomic mass is 16.5. The summed E-state index contributed by atoms with van der Waals surface area (Å²) in [4.78, 5) is 16.5. The molecule has 1 aliphatic rings. The third-order valence-corrected chi connectivity index (χ3v) is 3.89. The summed E-state index contributed by atoms with van der Waals surface area (Å²) in [6.07, 6.45) is 1.80. The van der Waals surface area contributed by atoms with Crippen LogP contribution in [0.1, 0.15) is 30.7 Å². The minimum absolute atomic E-state index is 0.0813. The van der Waals surface area contributed by atoms with Gasteiger partial charge in [-0.25, -0.2) is 0 Å². The van der Waals surface area contributed by atoms with E-state index in [-0.39, 0.29) is 18.2 Å². The van der Waals surface area contributed by atoms with E-state index in [0.717, 1.165) is 30.4 Å². The van der Waals surface area contributed by atoms with Crippen molar-refractivity contribution in [2.75, 3.05) is 6.61 Å². The molecule has 0 spiro atoms. The summed E-state index contributed by atoms with van der Waals surface area (Å²) in [5, 5.41) is 4.98. The van der Waals surface area contributed by atoms with Crippen molar-refractivity contribution in [3.63, 3.8) is 0 Å². The van der Waals surface area contributed by atoms with E-state index in [0.29, 0.717) is 11.7 Å². The first-order valence-electron chi connectivity index (χ1n) is 7.34. The molecule has 1 fully saturated rings. The van der Waals surface area contributed by atoms with Crippen LogP contribution in [-0.2, 0) is 11.3 Å². The number of benzene rings is 1. The quantitative estimate of drug-likeness (QED) is 0.741. The molecule has 1 saturated heterocycles. The van der Waals surface area contributed by atoms with Gasteiger partial charge in [0.05, 0.1) is 12.1 Å². The molecule has 112 valence electrons. The molecule has 6 heteroatoms. The second-order valence-corrected chi connectivity index (χ2v) is 5.37. The third-order valence-electron chi connectivity index (χ3n) is 3.89. The number of ether oxygens (including phenoxy) is 1. The summed E-state index contributed by atoms with van der Waals surface area (Å²) in [6, 6.07) is 11.1. The lowest BCUT2D eigenvalue weighted by molar-refractivity contribution is 0.0835. The highest BCUT2D eigenvalue weighted by Crippen LogP contribution is 2.27. The van der Waals surface area contributed by atoms with Crippen molar-refractivity contribution in [3.8, 4) is 0 Å². The fraction of sp³-hybridized carbons (Fsp3) is 0.312. The number of hydrogen-bond donors (Lipinski definition) is 0. The largest absolute Gasteiger partial charge is 0.368 e. The van der Waals surface area contributed by atoms with E-state index in [1.54, 1.807) is 10.6 Å². The third kappa shape index (κ3) is 2.31. The Hall–Kier alpha value is -2.47. The Morgan fingerprint density at radius 1 is 1.23 bits per heavy atom. The minimum Gasteiger partial charge on any atom is -0.368 e. The van der Waals surface area contributed by atoms with Crippen LogP contribution in [-0.4, -0.2) is 21.3 Å². The average molecular weight is 297 g/mol. The Kier molecular flexibility index (Phi) is 3.23. The second-order valence-electron chi connectivity index (χ2n) is 5.37. The molecular formula is C16H15N3O3. The molecule has 3 aromatic rings. The zero-order valence-electron chi connectivity index (χ0n) is 11.9. The van der Waals surface area contributed by atoms with Crippen molar-refractivity contribution < 1.29 is 9.26 Å². The van der Waals surface area contributed by atoms with Crippen molar-refractivity contribution in [2.24, 2.45) is 0 Å². The Bertz CT molecular complexity index is 862. The van der Waals surface area contributed by atoms with Crippen LogP contribution >= 0.6 is 0 Å². The molecule has 22 heavy (non-hydrogen) atoms. The molecule has 0 aliphatic carbocycles. The van der Waals surface area contributed by atoms with Crippen LogP contribution in [0, 0.1) is 0 Å². The highest BCUT2D eigenvalue weighted by molar-refractivity contribution is 5.78. The van der Waals surface area contributed by atoms with Gasteiger partial charge in [0.15, 0.2) is 5.82 Å². The van der Waals surface area contributed by atoms with E-state index < -0.39 is 0 Å². The van der Waals surface area contributed by atoms with Crippen LogP contribution in [0.15, 0.2) is 45.7 Å². The van der Waals surface area contributed by atoms with Crippen molar-refractivity contribution in [1.82, 2.24) is 14.7 Å². The van der Waals surface area contributed by atoms with E-state index in [4.69, 9.17) is 9.26 Å². The molecule has 1 atom stereocenters. The summed E-state index contributed by atoms with van der Waals surface area (Å²) >= 11 is 0. The van der Waals surface area contributed by atoms with Gasteiger partial charge in [-0.2, -0.15) is 4.98 Å². The van der Waals surface area contributed by atoms with Gasteiger partial charge >= 0.3 is 0 Å². The van der Waals surface area contributed by atoms with Crippen molar-refractivity contribution in [2.45, 2.75) is 25.5 Å². The van der Waals surface area contributed by atoms with E-state index in [2.05, 4.69) is 10.1 Å². The second kappa shape index (κ2) is 5.38. The first kappa shape index (κ1) is 13.2. The van der Waals surface area contributed by atoms with Crippen molar-refractivity contribution in [3.05, 3.63) is 58.5 Å². The van der Waals surface area contributed by atoms with Crippen LogP contribution in [0.3, 0.4) is 0 Å². The van der Waals surface area contributed by atoms with Gasteiger partial charge in [0, 0.05) is 12.7 Å². The maximum absolute atomic E-state index is 12.2. The first-order chi connectivity index (χ1) is 10.8. The molecule has 2 aromatic heterocycles. The summed E-state index contributed by atoms with van der Waals surface area (Å²) < 4.78 is 12.5. The monoisotopic (exact) mass is 297 g/mol. The SMILES string of the molecule is O=c1ccc2ccccc2n1Cc1noc([C@H]2CCCO2)n1. The predicted octanol–water partition coefficient (Wildman–Crippen LogP) is 2.28. The molecule has 1 aromatic carbocycles. The van der Waals surface area contributed by atoms with Crippen LogP contribution in [0.5, 0.6) is 0 Å². The maximum atomic E-state index is 12.2. The molecule has 6 nitrogen and oxygen atoms in total. The Morgan fingerprint density at radius 3 is 3.00 bits per heavy atom. The van der Waals surface area contributed by atoms with E-state index >= 15 is 0 Å². The summed E-state index contributed by atoms with van der Waals surface area (Å²) in [5.41, 5.74) is 0.778. The van der Waals surface area contributed by atoms with E-state index in [9.17, 15) is 4.79 Å². The van der Waals surface area contributed by atoms with Crippen LogP contribution in [0.25, 0.3) is 10.9 Å². The molecule has 1 aliphatic heterocycles. The topological polar surface area (TPSA) is 70.2 Å². The van der Waals surface area contributed by atoms with Crippen LogP contribution < -0.4 is 5.56 Å². The summed E-state index contributed by atoms with van der Waals surface area (Å²) in [6.45, 7) is 1.02. The van der Waals surface area contributed by atoms with Crippen molar-refractivity contribution in [1.29, 1.82) is 0 Å².